The molecule has 116 valence electrons. The van der Waals surface area contributed by atoms with Crippen LogP contribution in [-0.2, 0) is 6.42 Å². The third-order valence-corrected chi connectivity index (χ3v) is 3.59. The Labute approximate surface area is 134 Å². The summed E-state index contributed by atoms with van der Waals surface area (Å²) in [5, 5.41) is 6.94. The molecule has 0 aliphatic carbocycles. The van der Waals surface area contributed by atoms with Crippen LogP contribution in [0.4, 0.5) is 0 Å². The average molecular weight is 307 g/mol. The molecule has 3 rings (SSSR count). The Balaban J connectivity index is 1.71. The van der Waals surface area contributed by atoms with Crippen LogP contribution < -0.4 is 5.32 Å². The SMILES string of the molecule is Cc1onc(-c2ccncc2)c1C(=O)NCCc1ccccc1. The molecular weight excluding hydrogens is 290 g/mol. The second kappa shape index (κ2) is 6.87. The number of rotatable bonds is 5. The molecule has 0 saturated carbocycles. The van der Waals surface area contributed by atoms with Crippen molar-refractivity contribution < 1.29 is 9.32 Å². The van der Waals surface area contributed by atoms with Crippen molar-refractivity contribution in [1.29, 1.82) is 0 Å². The highest BCUT2D eigenvalue weighted by Gasteiger charge is 2.21. The van der Waals surface area contributed by atoms with Gasteiger partial charge in [0.1, 0.15) is 17.0 Å². The average Bonchev–Trinajstić information content (AvgIpc) is 2.98. The van der Waals surface area contributed by atoms with E-state index in [9.17, 15) is 4.79 Å². The summed E-state index contributed by atoms with van der Waals surface area (Å²) in [4.78, 5) is 16.5. The van der Waals surface area contributed by atoms with Crippen LogP contribution in [-0.4, -0.2) is 22.6 Å². The van der Waals surface area contributed by atoms with Crippen LogP contribution in [0.1, 0.15) is 21.7 Å². The smallest absolute Gasteiger partial charge is 0.257 e. The zero-order valence-corrected chi connectivity index (χ0v) is 12.8. The fourth-order valence-electron chi connectivity index (χ4n) is 2.40. The van der Waals surface area contributed by atoms with Gasteiger partial charge >= 0.3 is 0 Å². The predicted molar refractivity (Wildman–Crippen MR) is 87.0 cm³/mol. The number of nitrogens with zero attached hydrogens (tertiary/aromatic N) is 2. The van der Waals surface area contributed by atoms with Crippen molar-refractivity contribution in [2.24, 2.45) is 0 Å². The number of pyridine rings is 1. The van der Waals surface area contributed by atoms with E-state index in [-0.39, 0.29) is 5.91 Å². The first-order valence-electron chi connectivity index (χ1n) is 7.44. The van der Waals surface area contributed by atoms with Crippen molar-refractivity contribution in [2.75, 3.05) is 6.54 Å². The molecule has 0 unspecified atom stereocenters. The first-order valence-corrected chi connectivity index (χ1v) is 7.44. The van der Waals surface area contributed by atoms with E-state index in [0.29, 0.717) is 23.6 Å². The topological polar surface area (TPSA) is 68.0 Å². The highest BCUT2D eigenvalue weighted by molar-refractivity contribution is 6.00. The highest BCUT2D eigenvalue weighted by atomic mass is 16.5. The van der Waals surface area contributed by atoms with Gasteiger partial charge in [0.2, 0.25) is 0 Å². The Morgan fingerprint density at radius 1 is 1.13 bits per heavy atom. The molecule has 1 aromatic carbocycles. The second-order valence-electron chi connectivity index (χ2n) is 5.19. The minimum Gasteiger partial charge on any atom is -0.360 e. The van der Waals surface area contributed by atoms with Crippen LogP contribution in [0.5, 0.6) is 0 Å². The summed E-state index contributed by atoms with van der Waals surface area (Å²) in [7, 11) is 0. The molecule has 23 heavy (non-hydrogen) atoms. The van der Waals surface area contributed by atoms with E-state index in [0.717, 1.165) is 12.0 Å². The molecule has 0 spiro atoms. The zero-order chi connectivity index (χ0) is 16.1. The third kappa shape index (κ3) is 3.45. The number of aryl methyl sites for hydroxylation is 1. The Kier molecular flexibility index (Phi) is 4.47. The molecular formula is C18H17N3O2. The Morgan fingerprint density at radius 3 is 2.61 bits per heavy atom. The maximum atomic E-state index is 12.5. The van der Waals surface area contributed by atoms with Crippen LogP contribution in [0.15, 0.2) is 59.4 Å². The van der Waals surface area contributed by atoms with Gasteiger partial charge in [-0.15, -0.1) is 0 Å². The number of hydrogen-bond donors (Lipinski definition) is 1. The summed E-state index contributed by atoms with van der Waals surface area (Å²) in [5.74, 6) is 0.334. The molecule has 2 aromatic heterocycles. The van der Waals surface area contributed by atoms with E-state index >= 15 is 0 Å². The summed E-state index contributed by atoms with van der Waals surface area (Å²) >= 11 is 0. The molecule has 0 radical (unpaired) electrons. The lowest BCUT2D eigenvalue weighted by Gasteiger charge is -2.06. The molecule has 2 heterocycles. The van der Waals surface area contributed by atoms with Gasteiger partial charge in [0.25, 0.3) is 5.91 Å². The van der Waals surface area contributed by atoms with E-state index in [4.69, 9.17) is 4.52 Å². The predicted octanol–water partition coefficient (Wildman–Crippen LogP) is 3.02. The number of aromatic nitrogens is 2. The van der Waals surface area contributed by atoms with Gasteiger partial charge in [-0.3, -0.25) is 9.78 Å². The molecule has 1 amide bonds. The quantitative estimate of drug-likeness (QED) is 0.786. The van der Waals surface area contributed by atoms with E-state index in [1.54, 1.807) is 31.5 Å². The molecule has 0 aliphatic heterocycles. The van der Waals surface area contributed by atoms with Crippen LogP contribution in [0.2, 0.25) is 0 Å². The standard InChI is InChI=1S/C18H17N3O2/c1-13-16(17(21-23-13)15-8-10-19-11-9-15)18(22)20-12-7-14-5-3-2-4-6-14/h2-6,8-11H,7,12H2,1H3,(H,20,22). The molecule has 3 aromatic rings. The first-order chi connectivity index (χ1) is 11.3. The van der Waals surface area contributed by atoms with Crippen molar-refractivity contribution in [1.82, 2.24) is 15.5 Å². The van der Waals surface area contributed by atoms with Crippen molar-refractivity contribution in [3.8, 4) is 11.3 Å². The largest absolute Gasteiger partial charge is 0.360 e. The van der Waals surface area contributed by atoms with Gasteiger partial charge in [-0.25, -0.2) is 0 Å². The normalized spacial score (nSPS) is 10.5. The third-order valence-electron chi connectivity index (χ3n) is 3.59. The molecule has 5 heteroatoms. The summed E-state index contributed by atoms with van der Waals surface area (Å²) in [5.41, 5.74) is 3.01. The molecule has 0 atom stereocenters. The van der Waals surface area contributed by atoms with Crippen LogP contribution in [0.25, 0.3) is 11.3 Å². The van der Waals surface area contributed by atoms with Gasteiger partial charge in [-0.05, 0) is 31.0 Å². The molecule has 5 nitrogen and oxygen atoms in total. The summed E-state index contributed by atoms with van der Waals surface area (Å²) in [6.45, 7) is 2.30. The minimum atomic E-state index is -0.175. The number of benzene rings is 1. The van der Waals surface area contributed by atoms with Gasteiger partial charge < -0.3 is 9.84 Å². The number of carbonyl (C=O) groups is 1. The summed E-state index contributed by atoms with van der Waals surface area (Å²) < 4.78 is 5.20. The Morgan fingerprint density at radius 2 is 1.87 bits per heavy atom. The zero-order valence-electron chi connectivity index (χ0n) is 12.8. The van der Waals surface area contributed by atoms with Crippen molar-refractivity contribution in [3.63, 3.8) is 0 Å². The highest BCUT2D eigenvalue weighted by Crippen LogP contribution is 2.24. The number of amides is 1. The van der Waals surface area contributed by atoms with Crippen LogP contribution in [0, 0.1) is 6.92 Å². The fraction of sp³-hybridized carbons (Fsp3) is 0.167. The van der Waals surface area contributed by atoms with Gasteiger partial charge in [-0.2, -0.15) is 0 Å². The fourth-order valence-corrected chi connectivity index (χ4v) is 2.40. The van der Waals surface area contributed by atoms with E-state index in [1.807, 2.05) is 30.3 Å². The van der Waals surface area contributed by atoms with Gasteiger partial charge in [-0.1, -0.05) is 35.5 Å². The lowest BCUT2D eigenvalue weighted by Crippen LogP contribution is -2.26. The summed E-state index contributed by atoms with van der Waals surface area (Å²) in [6.07, 6.45) is 4.11. The lowest BCUT2D eigenvalue weighted by molar-refractivity contribution is 0.0953. The lowest BCUT2D eigenvalue weighted by atomic mass is 10.1. The molecule has 0 bridgehead atoms. The van der Waals surface area contributed by atoms with Gasteiger partial charge in [0.15, 0.2) is 0 Å². The second-order valence-corrected chi connectivity index (χ2v) is 5.19. The summed E-state index contributed by atoms with van der Waals surface area (Å²) in [6, 6.07) is 13.6. The number of carbonyl (C=O) groups excluding carboxylic acids is 1. The maximum Gasteiger partial charge on any atom is 0.257 e. The van der Waals surface area contributed by atoms with Crippen molar-refractivity contribution in [2.45, 2.75) is 13.3 Å². The Hall–Kier alpha value is -2.95. The van der Waals surface area contributed by atoms with Crippen LogP contribution in [0.3, 0.4) is 0 Å². The first kappa shape index (κ1) is 15.0. The van der Waals surface area contributed by atoms with Gasteiger partial charge in [0.05, 0.1) is 0 Å². The Bertz CT molecular complexity index is 783. The van der Waals surface area contributed by atoms with E-state index < -0.39 is 0 Å². The number of nitrogens with one attached hydrogen (secondary N) is 1. The van der Waals surface area contributed by atoms with Crippen molar-refractivity contribution >= 4 is 5.91 Å². The molecule has 0 saturated heterocycles. The number of hydrogen-bond acceptors (Lipinski definition) is 4. The van der Waals surface area contributed by atoms with Crippen molar-refractivity contribution in [3.05, 3.63) is 71.7 Å². The minimum absolute atomic E-state index is 0.175. The monoisotopic (exact) mass is 307 g/mol. The molecule has 0 fully saturated rings. The molecule has 0 aliphatic rings. The van der Waals surface area contributed by atoms with E-state index in [2.05, 4.69) is 15.5 Å². The van der Waals surface area contributed by atoms with Crippen LogP contribution >= 0.6 is 0 Å². The van der Waals surface area contributed by atoms with E-state index in [1.165, 1.54) is 5.56 Å². The maximum absolute atomic E-state index is 12.5. The molecule has 1 N–H and O–H groups in total. The van der Waals surface area contributed by atoms with Gasteiger partial charge in [0, 0.05) is 24.5 Å².